The van der Waals surface area contributed by atoms with Crippen LogP contribution in [0.2, 0.25) is 0 Å². The molecule has 2 N–H and O–H groups in total. The van der Waals surface area contributed by atoms with E-state index in [0.29, 0.717) is 12.1 Å². The summed E-state index contributed by atoms with van der Waals surface area (Å²) < 4.78 is 0. The number of likely N-dealkylation sites (N-methyl/N-ethyl adjacent to an activating group) is 1. The summed E-state index contributed by atoms with van der Waals surface area (Å²) in [4.78, 5) is 2.37. The fourth-order valence-corrected chi connectivity index (χ4v) is 1.76. The third-order valence-corrected chi connectivity index (χ3v) is 3.18. The molecule has 80 valence electrons. The highest BCUT2D eigenvalue weighted by molar-refractivity contribution is 7.98. The van der Waals surface area contributed by atoms with Crippen molar-refractivity contribution in [3.8, 4) is 0 Å². The summed E-state index contributed by atoms with van der Waals surface area (Å²) in [7, 11) is 2.17. The van der Waals surface area contributed by atoms with E-state index in [1.165, 1.54) is 12.2 Å². The molecule has 0 bridgehead atoms. The predicted octanol–water partition coefficient (Wildman–Crippen LogP) is 1.80. The molecular weight excluding hydrogens is 180 g/mol. The highest BCUT2D eigenvalue weighted by Gasteiger charge is 2.10. The number of hydrogen-bond acceptors (Lipinski definition) is 3. The van der Waals surface area contributed by atoms with Gasteiger partial charge in [0.2, 0.25) is 0 Å². The highest BCUT2D eigenvalue weighted by Crippen LogP contribution is 2.06. The van der Waals surface area contributed by atoms with Crippen LogP contribution in [0.15, 0.2) is 0 Å². The molecule has 2 nitrogen and oxygen atoms in total. The van der Waals surface area contributed by atoms with Gasteiger partial charge in [0.15, 0.2) is 0 Å². The van der Waals surface area contributed by atoms with Gasteiger partial charge in [-0.15, -0.1) is 0 Å². The molecule has 0 aromatic rings. The van der Waals surface area contributed by atoms with Gasteiger partial charge in [-0.1, -0.05) is 6.92 Å². The third-order valence-electron chi connectivity index (χ3n) is 2.54. The first-order valence-electron chi connectivity index (χ1n) is 5.06. The van der Waals surface area contributed by atoms with Crippen LogP contribution in [0, 0.1) is 0 Å². The Morgan fingerprint density at radius 3 is 2.54 bits per heavy atom. The molecule has 0 radical (unpaired) electrons. The molecule has 0 aromatic heterocycles. The van der Waals surface area contributed by atoms with Crippen molar-refractivity contribution in [1.82, 2.24) is 4.90 Å². The predicted molar refractivity (Wildman–Crippen MR) is 63.4 cm³/mol. The standard InChI is InChI=1S/C10H24N2S/c1-5-10(11)8-12(3)9(2)6-7-13-4/h9-10H,5-8,11H2,1-4H3. The summed E-state index contributed by atoms with van der Waals surface area (Å²) in [6.45, 7) is 5.44. The van der Waals surface area contributed by atoms with Gasteiger partial charge < -0.3 is 10.6 Å². The Balaban J connectivity index is 3.61. The summed E-state index contributed by atoms with van der Waals surface area (Å²) in [5, 5.41) is 0. The number of nitrogens with zero attached hydrogens (tertiary/aromatic N) is 1. The zero-order valence-corrected chi connectivity index (χ0v) is 10.2. The molecule has 2 unspecified atom stereocenters. The average molecular weight is 204 g/mol. The van der Waals surface area contributed by atoms with Crippen LogP contribution >= 0.6 is 11.8 Å². The van der Waals surface area contributed by atoms with Crippen LogP contribution in [-0.2, 0) is 0 Å². The lowest BCUT2D eigenvalue weighted by Crippen LogP contribution is -2.39. The summed E-state index contributed by atoms with van der Waals surface area (Å²) in [5.74, 6) is 1.24. The molecule has 0 fully saturated rings. The Morgan fingerprint density at radius 2 is 2.08 bits per heavy atom. The van der Waals surface area contributed by atoms with Gasteiger partial charge in [0, 0.05) is 18.6 Å². The van der Waals surface area contributed by atoms with Gasteiger partial charge in [-0.25, -0.2) is 0 Å². The van der Waals surface area contributed by atoms with Gasteiger partial charge in [0.1, 0.15) is 0 Å². The fraction of sp³-hybridized carbons (Fsp3) is 1.00. The Morgan fingerprint density at radius 1 is 1.46 bits per heavy atom. The lowest BCUT2D eigenvalue weighted by molar-refractivity contribution is 0.236. The maximum absolute atomic E-state index is 5.89. The average Bonchev–Trinajstić information content (AvgIpc) is 2.13. The van der Waals surface area contributed by atoms with Crippen molar-refractivity contribution in [3.63, 3.8) is 0 Å². The SMILES string of the molecule is CCC(N)CN(C)C(C)CCSC. The van der Waals surface area contributed by atoms with Gasteiger partial charge >= 0.3 is 0 Å². The zero-order valence-electron chi connectivity index (χ0n) is 9.42. The topological polar surface area (TPSA) is 29.3 Å². The smallest absolute Gasteiger partial charge is 0.0165 e. The first-order valence-corrected chi connectivity index (χ1v) is 6.45. The molecule has 0 saturated heterocycles. The van der Waals surface area contributed by atoms with Crippen LogP contribution in [0.1, 0.15) is 26.7 Å². The molecule has 13 heavy (non-hydrogen) atoms. The summed E-state index contributed by atoms with van der Waals surface area (Å²) in [5.41, 5.74) is 5.89. The molecule has 0 amide bonds. The minimum Gasteiger partial charge on any atom is -0.327 e. The van der Waals surface area contributed by atoms with Crippen LogP contribution in [0.4, 0.5) is 0 Å². The van der Waals surface area contributed by atoms with Crippen LogP contribution in [-0.4, -0.2) is 42.6 Å². The van der Waals surface area contributed by atoms with Crippen molar-refractivity contribution >= 4 is 11.8 Å². The van der Waals surface area contributed by atoms with Crippen LogP contribution < -0.4 is 5.73 Å². The van der Waals surface area contributed by atoms with Crippen molar-refractivity contribution in [2.24, 2.45) is 5.73 Å². The Kier molecular flexibility index (Phi) is 7.81. The number of nitrogens with two attached hydrogens (primary N) is 1. The summed E-state index contributed by atoms with van der Waals surface area (Å²) >= 11 is 1.91. The van der Waals surface area contributed by atoms with E-state index in [2.05, 4.69) is 32.1 Å². The number of hydrogen-bond donors (Lipinski definition) is 1. The normalized spacial score (nSPS) is 16.2. The Bertz CT molecular complexity index is 119. The van der Waals surface area contributed by atoms with E-state index in [4.69, 9.17) is 5.73 Å². The fourth-order valence-electron chi connectivity index (χ4n) is 1.19. The molecule has 3 heteroatoms. The van der Waals surface area contributed by atoms with Crippen molar-refractivity contribution in [2.45, 2.75) is 38.8 Å². The molecular formula is C10H24N2S. The largest absolute Gasteiger partial charge is 0.327 e. The van der Waals surface area contributed by atoms with Crippen molar-refractivity contribution < 1.29 is 0 Å². The third kappa shape index (κ3) is 6.36. The van der Waals surface area contributed by atoms with E-state index in [1.54, 1.807) is 0 Å². The lowest BCUT2D eigenvalue weighted by Gasteiger charge is -2.26. The Labute approximate surface area is 87.2 Å². The summed E-state index contributed by atoms with van der Waals surface area (Å²) in [6, 6.07) is 0.992. The van der Waals surface area contributed by atoms with E-state index in [1.807, 2.05) is 11.8 Å². The maximum atomic E-state index is 5.89. The molecule has 0 heterocycles. The van der Waals surface area contributed by atoms with Crippen LogP contribution in [0.3, 0.4) is 0 Å². The molecule has 0 saturated carbocycles. The van der Waals surface area contributed by atoms with Crippen LogP contribution in [0.25, 0.3) is 0 Å². The van der Waals surface area contributed by atoms with E-state index < -0.39 is 0 Å². The van der Waals surface area contributed by atoms with Crippen molar-refractivity contribution in [1.29, 1.82) is 0 Å². The molecule has 0 aromatic carbocycles. The molecule has 0 aliphatic rings. The molecule has 0 spiro atoms. The van der Waals surface area contributed by atoms with E-state index in [0.717, 1.165) is 13.0 Å². The van der Waals surface area contributed by atoms with Gasteiger partial charge in [-0.2, -0.15) is 11.8 Å². The highest BCUT2D eigenvalue weighted by atomic mass is 32.2. The lowest BCUT2D eigenvalue weighted by atomic mass is 10.2. The Hall–Kier alpha value is 0.270. The quantitative estimate of drug-likeness (QED) is 0.685. The second-order valence-corrected chi connectivity index (χ2v) is 4.72. The van der Waals surface area contributed by atoms with Crippen molar-refractivity contribution in [2.75, 3.05) is 25.6 Å². The zero-order chi connectivity index (χ0) is 10.3. The molecule has 0 rings (SSSR count). The van der Waals surface area contributed by atoms with E-state index >= 15 is 0 Å². The van der Waals surface area contributed by atoms with E-state index in [-0.39, 0.29) is 0 Å². The maximum Gasteiger partial charge on any atom is 0.0165 e. The van der Waals surface area contributed by atoms with Crippen molar-refractivity contribution in [3.05, 3.63) is 0 Å². The van der Waals surface area contributed by atoms with E-state index in [9.17, 15) is 0 Å². The van der Waals surface area contributed by atoms with Crippen LogP contribution in [0.5, 0.6) is 0 Å². The first kappa shape index (κ1) is 13.3. The first-order chi connectivity index (χ1) is 6.11. The monoisotopic (exact) mass is 204 g/mol. The summed E-state index contributed by atoms with van der Waals surface area (Å²) in [6.07, 6.45) is 4.48. The number of rotatable bonds is 7. The van der Waals surface area contributed by atoms with Gasteiger partial charge in [0.05, 0.1) is 0 Å². The van der Waals surface area contributed by atoms with Gasteiger partial charge in [-0.3, -0.25) is 0 Å². The molecule has 2 atom stereocenters. The second-order valence-electron chi connectivity index (χ2n) is 3.74. The number of thioether (sulfide) groups is 1. The molecule has 0 aliphatic heterocycles. The van der Waals surface area contributed by atoms with Gasteiger partial charge in [0.25, 0.3) is 0 Å². The minimum atomic E-state index is 0.335. The molecule has 0 aliphatic carbocycles. The second kappa shape index (κ2) is 7.65. The minimum absolute atomic E-state index is 0.335. The van der Waals surface area contributed by atoms with Gasteiger partial charge in [-0.05, 0) is 38.8 Å².